The molecule has 0 aliphatic heterocycles. The molecule has 0 bridgehead atoms. The predicted octanol–water partition coefficient (Wildman–Crippen LogP) is 23.2. The van der Waals surface area contributed by atoms with Gasteiger partial charge in [0.25, 0.3) is 0 Å². The Kier molecular flexibility index (Phi) is 5.84. The van der Waals surface area contributed by atoms with E-state index >= 15 is 0 Å². The lowest BCUT2D eigenvalue weighted by molar-refractivity contribution is 0.668. The minimum atomic E-state index is -1.02. The van der Waals surface area contributed by atoms with Crippen molar-refractivity contribution in [3.63, 3.8) is 0 Å². The van der Waals surface area contributed by atoms with Gasteiger partial charge in [0.1, 0.15) is 22.3 Å². The van der Waals surface area contributed by atoms with Crippen LogP contribution in [0.4, 0.5) is 0 Å². The van der Waals surface area contributed by atoms with Crippen LogP contribution in [0.1, 0.15) is 71.3 Å². The molecule has 14 aromatic carbocycles. The van der Waals surface area contributed by atoms with E-state index in [4.69, 9.17) is 66.4 Å². The van der Waals surface area contributed by atoms with Crippen LogP contribution in [-0.4, -0.2) is 29.9 Å². The Hall–Kier alpha value is -12.6. The molecule has 5 aromatic heterocycles. The third-order valence-electron chi connectivity index (χ3n) is 14.1. The number of hydrogen-bond acceptors (Lipinski definition) is 9. The van der Waals surface area contributed by atoms with Crippen LogP contribution in [0.2, 0.25) is 0 Å². The molecule has 19 aromatic rings. The number of hydrogen-bond donors (Lipinski definition) is 0. The largest absolute Gasteiger partial charge is 0.456 e. The number of nitrogens with zero attached hydrogens (tertiary/aromatic N) is 6. The zero-order valence-corrected chi connectivity index (χ0v) is 47.7. The monoisotopic (exact) mass is 1280 g/mol. The molecule has 0 saturated carbocycles. The lowest BCUT2D eigenvalue weighted by atomic mass is 9.96. The van der Waals surface area contributed by atoms with E-state index in [1.165, 1.54) is 0 Å². The Morgan fingerprint density at radius 1 is 0.221 bits per heavy atom. The fourth-order valence-electron chi connectivity index (χ4n) is 9.97. The molecule has 444 valence electrons. The molecule has 9 heteroatoms. The van der Waals surface area contributed by atoms with Gasteiger partial charge >= 0.3 is 0 Å². The molecule has 0 amide bonds. The quantitative estimate of drug-likeness (QED) is 0.141. The molecular formula is C86H52N6O2S. The molecule has 0 N–H and O–H groups in total. The Labute approximate surface area is 622 Å². The fourth-order valence-corrected chi connectivity index (χ4v) is 11.0. The lowest BCUT2D eigenvalue weighted by Crippen LogP contribution is -2.00. The lowest BCUT2D eigenvalue weighted by Gasteiger charge is -2.10. The highest BCUT2D eigenvalue weighted by molar-refractivity contribution is 7.26. The van der Waals surface area contributed by atoms with E-state index in [-0.39, 0.29) is 41.7 Å². The van der Waals surface area contributed by atoms with Gasteiger partial charge in [0.2, 0.25) is 0 Å². The van der Waals surface area contributed by atoms with Crippen molar-refractivity contribution in [1.82, 2.24) is 29.9 Å². The second kappa shape index (κ2) is 23.3. The first-order chi connectivity index (χ1) is 68.7. The third kappa shape index (κ3) is 10.1. The highest BCUT2D eigenvalue weighted by Gasteiger charge is 2.20. The zero-order chi connectivity index (χ0) is 108. The van der Waals surface area contributed by atoms with Crippen molar-refractivity contribution >= 4 is 96.9 Å². The van der Waals surface area contributed by atoms with Gasteiger partial charge in [-0.05, 0) is 97.2 Å². The summed E-state index contributed by atoms with van der Waals surface area (Å²) in [6.45, 7) is 0. The van der Waals surface area contributed by atoms with Gasteiger partial charge < -0.3 is 8.83 Å². The average molecular weight is 1290 g/mol. The van der Waals surface area contributed by atoms with Gasteiger partial charge in [-0.15, -0.1) is 11.3 Å². The Morgan fingerprint density at radius 3 is 1.17 bits per heavy atom. The number of furan rings is 2. The van der Waals surface area contributed by atoms with Crippen molar-refractivity contribution in [1.29, 1.82) is 0 Å². The molecule has 0 radical (unpaired) electrons. The van der Waals surface area contributed by atoms with E-state index < -0.39 is 460 Å². The van der Waals surface area contributed by atoms with Crippen LogP contribution in [0.5, 0.6) is 0 Å². The summed E-state index contributed by atoms with van der Waals surface area (Å²) in [7, 11) is 0. The molecule has 0 aliphatic carbocycles. The SMILES string of the molecule is [2H]c1c([2H])c([2H])c(-c2nc(-c3c([2H])c([2H])c(-c4c([2H])c([2H])c([2H])c([2H])c4[2H])c([2H])c3[2H])nc(-c3c([2H])c([2H])c(-c4c([2H])c([2H])c([2H])c5sc6c([2H])c([2H])c7c([2H])c([2H])c([2H])c([2H])c7c6c45)c([2H])c3[2H])n2)c([2H])c1[2H].[2H]c1c([2H])c([2H])c(-c2nc(-c3c([2H])c([2H])c(-c4c([2H])c([2H])c([2H])c5oc6c([2H])c([2H])c7c([2H])c([2H])c([2H])c([2H])c7c6c45)c([2H])c3[2H])nc(-c3c([2H])c([2H])c4c(oc5c([2H])c([2H])c([2H])c([2H])c54)c3[2H])n2)c([2H])c1[2H]. The maximum Gasteiger partial charge on any atom is 0.164 e. The topological polar surface area (TPSA) is 104 Å². The summed E-state index contributed by atoms with van der Waals surface area (Å²) >= 11 is 0.668. The van der Waals surface area contributed by atoms with Crippen LogP contribution < -0.4 is 0 Å². The van der Waals surface area contributed by atoms with Crippen LogP contribution in [0.3, 0.4) is 0 Å². The molecule has 0 atom stereocenters. The van der Waals surface area contributed by atoms with Gasteiger partial charge in [0.05, 0.1) is 71.3 Å². The molecule has 0 spiro atoms. The summed E-state index contributed by atoms with van der Waals surface area (Å²) in [4.78, 5) is 25.6. The van der Waals surface area contributed by atoms with E-state index in [1.54, 1.807) is 0 Å². The second-order valence-electron chi connectivity index (χ2n) is 19.6. The van der Waals surface area contributed by atoms with E-state index in [9.17, 15) is 13.7 Å². The molecule has 95 heavy (non-hydrogen) atoms. The van der Waals surface area contributed by atoms with Gasteiger partial charge in [-0.25, -0.2) is 29.9 Å². The molecule has 8 nitrogen and oxygen atoms in total. The van der Waals surface area contributed by atoms with Crippen LogP contribution in [0.15, 0.2) is 323 Å². The molecular weight excluding hydrogens is 1180 g/mol. The van der Waals surface area contributed by atoms with Crippen LogP contribution >= 0.6 is 11.3 Å². The zero-order valence-electron chi connectivity index (χ0n) is 98.9. The first-order valence-electron chi connectivity index (χ1n) is 53.4. The molecule has 0 unspecified atom stereocenters. The van der Waals surface area contributed by atoms with Crippen molar-refractivity contribution in [3.05, 3.63) is 314 Å². The van der Waals surface area contributed by atoms with Crippen molar-refractivity contribution < 1.29 is 80.1 Å². The first-order valence-corrected chi connectivity index (χ1v) is 28.2. The van der Waals surface area contributed by atoms with Crippen LogP contribution in [0, 0.1) is 0 Å². The third-order valence-corrected chi connectivity index (χ3v) is 15.2. The summed E-state index contributed by atoms with van der Waals surface area (Å²) in [5, 5.41) is -3.58. The Bertz CT molecular complexity index is 9300. The minimum Gasteiger partial charge on any atom is -0.456 e. The fraction of sp³-hybridized carbons (Fsp3) is 0. The van der Waals surface area contributed by atoms with Gasteiger partial charge in [-0.3, -0.25) is 0 Å². The number of para-hydroxylation sites is 1. The van der Waals surface area contributed by atoms with Crippen molar-refractivity contribution in [2.75, 3.05) is 0 Å². The number of benzene rings is 14. The molecule has 0 fully saturated rings. The summed E-state index contributed by atoms with van der Waals surface area (Å²) in [5.74, 6) is -5.02. The first kappa shape index (κ1) is 23.8. The Morgan fingerprint density at radius 2 is 0.589 bits per heavy atom. The van der Waals surface area contributed by atoms with E-state index in [0.717, 1.165) is 0 Å². The predicted molar refractivity (Wildman–Crippen MR) is 391 cm³/mol. The summed E-state index contributed by atoms with van der Waals surface area (Å²) in [5.41, 5.74) is -10.7. The van der Waals surface area contributed by atoms with Gasteiger partial charge in [-0.2, -0.15) is 0 Å². The maximum absolute atomic E-state index is 9.44. The number of thiophene rings is 1. The normalized spacial score (nSPS) is 19.2. The molecule has 19 rings (SSSR count). The number of fused-ring (bicyclic) bond motifs is 13. The highest BCUT2D eigenvalue weighted by Crippen LogP contribution is 2.45. The van der Waals surface area contributed by atoms with E-state index in [0.29, 0.717) is 11.3 Å². The molecule has 0 saturated heterocycles. The van der Waals surface area contributed by atoms with E-state index in [2.05, 4.69) is 29.9 Å². The van der Waals surface area contributed by atoms with Crippen molar-refractivity contribution in [2.45, 2.75) is 0 Å². The average Bonchev–Trinajstić information content (AvgIpc) is 1.55. The van der Waals surface area contributed by atoms with Crippen LogP contribution in [-0.2, 0) is 0 Å². The van der Waals surface area contributed by atoms with Crippen molar-refractivity contribution in [2.24, 2.45) is 0 Å². The summed E-state index contributed by atoms with van der Waals surface area (Å²) in [6.07, 6.45) is 0. The second-order valence-corrected chi connectivity index (χ2v) is 20.7. The van der Waals surface area contributed by atoms with Crippen molar-refractivity contribution in [3.8, 4) is 102 Å². The van der Waals surface area contributed by atoms with E-state index in [1.807, 2.05) is 0 Å². The molecule has 5 heterocycles. The van der Waals surface area contributed by atoms with Gasteiger partial charge in [0, 0.05) is 75.1 Å². The standard InChI is InChI=1S/C43H25N3O2.C43H27N3S/c1-2-10-28(11-3-1)41-44-42(46-43(45-41)30-21-23-34-33-13-6-7-15-35(33)47-38(34)25-30)29-19-17-27(18-20-29)32-14-8-16-36-39(32)40-31-12-5-4-9-26(31)22-24-37(40)48-36;1-3-10-28(11-4-1)29-18-22-33(23-19-29)42-44-41(32-13-5-2-6-14-32)45-43(46-42)34-24-20-31(21-25-34)36-16-9-17-37-39(36)40-35-15-8-7-12-30(35)26-27-38(40)47-37/h1-25H;1-27H/i1D,2D,3D,4D,5D,6D,7D,8D,9D,10D,11D,12D,13D,14D,15D,16D,17D,18D,19D,20D,21D,22D,23D,24D,25D;1D,2D,3D,4D,5D,6D,7D,8D,9D,10D,11D,12D,13D,14D,15D,16D,17D,18D,19D,20D,21D,22D,23D,24D,25D,26D,27D. The van der Waals surface area contributed by atoms with Gasteiger partial charge in [0.15, 0.2) is 34.9 Å². The Balaban J connectivity index is 0.000000193. The smallest absolute Gasteiger partial charge is 0.164 e. The molecule has 0 aliphatic rings. The number of rotatable bonds is 9. The van der Waals surface area contributed by atoms with Crippen LogP contribution in [0.25, 0.3) is 187 Å². The highest BCUT2D eigenvalue weighted by atomic mass is 32.1. The summed E-state index contributed by atoms with van der Waals surface area (Å²) in [6, 6.07) is -43.4. The summed E-state index contributed by atoms with van der Waals surface area (Å²) < 4.78 is 467. The number of aromatic nitrogens is 6. The van der Waals surface area contributed by atoms with Gasteiger partial charge in [-0.1, -0.05) is 272 Å². The minimum absolute atomic E-state index is 0.123. The maximum atomic E-state index is 9.44.